The molecule has 0 saturated heterocycles. The lowest BCUT2D eigenvalue weighted by atomic mass is 10.00. The van der Waals surface area contributed by atoms with E-state index in [2.05, 4.69) is 33.7 Å². The van der Waals surface area contributed by atoms with Crippen LogP contribution in [0.4, 0.5) is 10.5 Å². The maximum atomic E-state index is 12.0. The Morgan fingerprint density at radius 3 is 2.73 bits per heavy atom. The molecule has 1 atom stereocenters. The molecule has 3 N–H and O–H groups in total. The van der Waals surface area contributed by atoms with Crippen LogP contribution in [-0.4, -0.2) is 48.9 Å². The Morgan fingerprint density at radius 1 is 1.19 bits per heavy atom. The molecule has 26 heavy (non-hydrogen) atoms. The van der Waals surface area contributed by atoms with E-state index in [0.717, 1.165) is 19.5 Å². The van der Waals surface area contributed by atoms with Gasteiger partial charge in [0.1, 0.15) is 5.75 Å². The number of aliphatic hydroxyl groups is 1. The van der Waals surface area contributed by atoms with Gasteiger partial charge in [-0.05, 0) is 29.7 Å². The predicted octanol–water partition coefficient (Wildman–Crippen LogP) is 2.24. The number of β-amino-alcohol motifs (C(OH)–C–C–N with tert-alkyl or cyclic N) is 1. The third kappa shape index (κ3) is 4.74. The minimum Gasteiger partial charge on any atom is -0.495 e. The first kappa shape index (κ1) is 18.2. The van der Waals surface area contributed by atoms with E-state index in [1.807, 2.05) is 18.2 Å². The molecular weight excluding hydrogens is 330 g/mol. The van der Waals surface area contributed by atoms with Crippen molar-refractivity contribution in [3.8, 4) is 5.75 Å². The summed E-state index contributed by atoms with van der Waals surface area (Å²) in [5.74, 6) is 0.593. The van der Waals surface area contributed by atoms with Gasteiger partial charge in [0, 0.05) is 26.2 Å². The number of anilines is 1. The van der Waals surface area contributed by atoms with Crippen molar-refractivity contribution in [2.75, 3.05) is 32.1 Å². The van der Waals surface area contributed by atoms with Gasteiger partial charge >= 0.3 is 6.03 Å². The average Bonchev–Trinajstić information content (AvgIpc) is 2.67. The van der Waals surface area contributed by atoms with Crippen molar-refractivity contribution in [1.29, 1.82) is 0 Å². The third-order valence-electron chi connectivity index (χ3n) is 4.53. The molecular formula is C20H25N3O3. The number of para-hydroxylation sites is 2. The zero-order chi connectivity index (χ0) is 18.4. The molecule has 0 aliphatic carbocycles. The number of hydrogen-bond donors (Lipinski definition) is 3. The highest BCUT2D eigenvalue weighted by Gasteiger charge is 2.18. The lowest BCUT2D eigenvalue weighted by Gasteiger charge is -2.30. The predicted molar refractivity (Wildman–Crippen MR) is 101 cm³/mol. The van der Waals surface area contributed by atoms with Crippen molar-refractivity contribution < 1.29 is 14.6 Å². The SMILES string of the molecule is COc1ccccc1NC(=O)NC[C@H](O)CN1CCc2ccccc2C1. The number of fused-ring (bicyclic) bond motifs is 1. The minimum absolute atomic E-state index is 0.194. The standard InChI is InChI=1S/C20H25N3O3/c1-26-19-9-5-4-8-18(19)22-20(25)21-12-17(24)14-23-11-10-15-6-2-3-7-16(15)13-23/h2-9,17,24H,10-14H2,1H3,(H2,21,22,25)/t17-/m0/s1. The van der Waals surface area contributed by atoms with Crippen molar-refractivity contribution in [2.24, 2.45) is 0 Å². The monoisotopic (exact) mass is 355 g/mol. The van der Waals surface area contributed by atoms with E-state index in [4.69, 9.17) is 4.74 Å². The van der Waals surface area contributed by atoms with Crippen LogP contribution in [0.5, 0.6) is 5.75 Å². The fourth-order valence-corrected chi connectivity index (χ4v) is 3.20. The number of hydrogen-bond acceptors (Lipinski definition) is 4. The summed E-state index contributed by atoms with van der Waals surface area (Å²) in [6.07, 6.45) is 0.369. The fraction of sp³-hybridized carbons (Fsp3) is 0.350. The molecule has 0 aromatic heterocycles. The Labute approximate surface area is 153 Å². The van der Waals surface area contributed by atoms with Gasteiger partial charge in [0.15, 0.2) is 0 Å². The number of amides is 2. The van der Waals surface area contributed by atoms with E-state index < -0.39 is 6.10 Å². The summed E-state index contributed by atoms with van der Waals surface area (Å²) in [6, 6.07) is 15.2. The highest BCUT2D eigenvalue weighted by molar-refractivity contribution is 5.90. The molecule has 2 aromatic carbocycles. The first-order valence-electron chi connectivity index (χ1n) is 8.81. The molecule has 0 saturated carbocycles. The topological polar surface area (TPSA) is 73.8 Å². The molecule has 1 aliphatic rings. The van der Waals surface area contributed by atoms with Gasteiger partial charge in [-0.2, -0.15) is 0 Å². The number of ether oxygens (including phenoxy) is 1. The van der Waals surface area contributed by atoms with Gasteiger partial charge in [0.2, 0.25) is 0 Å². The maximum Gasteiger partial charge on any atom is 0.319 e. The highest BCUT2D eigenvalue weighted by Crippen LogP contribution is 2.22. The Bertz CT molecular complexity index is 751. The van der Waals surface area contributed by atoms with Gasteiger partial charge in [0.25, 0.3) is 0 Å². The average molecular weight is 355 g/mol. The summed E-state index contributed by atoms with van der Waals surface area (Å²) >= 11 is 0. The number of benzene rings is 2. The zero-order valence-corrected chi connectivity index (χ0v) is 14.9. The second-order valence-corrected chi connectivity index (χ2v) is 6.44. The van der Waals surface area contributed by atoms with Crippen LogP contribution in [0.15, 0.2) is 48.5 Å². The van der Waals surface area contributed by atoms with E-state index in [9.17, 15) is 9.90 Å². The molecule has 2 aromatic rings. The van der Waals surface area contributed by atoms with Gasteiger partial charge in [0.05, 0.1) is 18.9 Å². The molecule has 0 unspecified atom stereocenters. The quantitative estimate of drug-likeness (QED) is 0.743. The molecule has 0 fully saturated rings. The molecule has 0 bridgehead atoms. The molecule has 1 heterocycles. The van der Waals surface area contributed by atoms with Crippen LogP contribution < -0.4 is 15.4 Å². The van der Waals surface area contributed by atoms with Crippen LogP contribution in [0.2, 0.25) is 0 Å². The van der Waals surface area contributed by atoms with Crippen LogP contribution in [0.1, 0.15) is 11.1 Å². The Hall–Kier alpha value is -2.57. The van der Waals surface area contributed by atoms with E-state index in [1.54, 1.807) is 19.2 Å². The van der Waals surface area contributed by atoms with Crippen molar-refractivity contribution in [3.63, 3.8) is 0 Å². The summed E-state index contributed by atoms with van der Waals surface area (Å²) in [7, 11) is 1.55. The largest absolute Gasteiger partial charge is 0.495 e. The van der Waals surface area contributed by atoms with E-state index >= 15 is 0 Å². The number of carbonyl (C=O) groups excluding carboxylic acids is 1. The van der Waals surface area contributed by atoms with Gasteiger partial charge in [-0.25, -0.2) is 4.79 Å². The zero-order valence-electron chi connectivity index (χ0n) is 14.9. The van der Waals surface area contributed by atoms with Crippen LogP contribution in [0, 0.1) is 0 Å². The van der Waals surface area contributed by atoms with Gasteiger partial charge < -0.3 is 20.5 Å². The molecule has 1 aliphatic heterocycles. The van der Waals surface area contributed by atoms with Crippen LogP contribution in [0.25, 0.3) is 0 Å². The Kier molecular flexibility index (Phi) is 6.09. The molecule has 6 nitrogen and oxygen atoms in total. The maximum absolute atomic E-state index is 12.0. The molecule has 3 rings (SSSR count). The fourth-order valence-electron chi connectivity index (χ4n) is 3.20. The Balaban J connectivity index is 1.44. The van der Waals surface area contributed by atoms with Gasteiger partial charge in [-0.1, -0.05) is 36.4 Å². The second-order valence-electron chi connectivity index (χ2n) is 6.44. The lowest BCUT2D eigenvalue weighted by Crippen LogP contribution is -2.43. The van der Waals surface area contributed by atoms with E-state index in [1.165, 1.54) is 11.1 Å². The third-order valence-corrected chi connectivity index (χ3v) is 4.53. The van der Waals surface area contributed by atoms with E-state index in [0.29, 0.717) is 18.0 Å². The number of urea groups is 1. The van der Waals surface area contributed by atoms with Crippen LogP contribution >= 0.6 is 0 Å². The van der Waals surface area contributed by atoms with Crippen molar-refractivity contribution in [3.05, 3.63) is 59.7 Å². The summed E-state index contributed by atoms with van der Waals surface area (Å²) in [6.45, 7) is 2.48. The number of methoxy groups -OCH3 is 1. The molecule has 0 radical (unpaired) electrons. The number of aliphatic hydroxyl groups excluding tert-OH is 1. The first-order chi connectivity index (χ1) is 12.7. The van der Waals surface area contributed by atoms with Gasteiger partial charge in [-0.3, -0.25) is 4.90 Å². The number of carbonyl (C=O) groups is 1. The second kappa shape index (κ2) is 8.69. The number of rotatable bonds is 6. The Morgan fingerprint density at radius 2 is 1.92 bits per heavy atom. The first-order valence-corrected chi connectivity index (χ1v) is 8.81. The normalized spacial score (nSPS) is 15.0. The number of nitrogens with one attached hydrogen (secondary N) is 2. The number of nitrogens with zero attached hydrogens (tertiary/aromatic N) is 1. The molecule has 138 valence electrons. The van der Waals surface area contributed by atoms with Gasteiger partial charge in [-0.15, -0.1) is 0 Å². The van der Waals surface area contributed by atoms with Crippen LogP contribution in [-0.2, 0) is 13.0 Å². The summed E-state index contributed by atoms with van der Waals surface area (Å²) in [5.41, 5.74) is 3.29. The van der Waals surface area contributed by atoms with Crippen molar-refractivity contribution in [2.45, 2.75) is 19.1 Å². The molecule has 2 amide bonds. The minimum atomic E-state index is -0.622. The van der Waals surface area contributed by atoms with E-state index in [-0.39, 0.29) is 12.6 Å². The van der Waals surface area contributed by atoms with Crippen molar-refractivity contribution in [1.82, 2.24) is 10.2 Å². The van der Waals surface area contributed by atoms with Crippen LogP contribution in [0.3, 0.4) is 0 Å². The summed E-state index contributed by atoms with van der Waals surface area (Å²) < 4.78 is 5.20. The molecule has 0 spiro atoms. The molecule has 6 heteroatoms. The smallest absolute Gasteiger partial charge is 0.319 e. The van der Waals surface area contributed by atoms with Crippen molar-refractivity contribution >= 4 is 11.7 Å². The lowest BCUT2D eigenvalue weighted by molar-refractivity contribution is 0.106. The summed E-state index contributed by atoms with van der Waals surface area (Å²) in [4.78, 5) is 14.3. The highest BCUT2D eigenvalue weighted by atomic mass is 16.5. The summed E-state index contributed by atoms with van der Waals surface area (Å²) in [5, 5.41) is 15.7.